The third-order valence-corrected chi connectivity index (χ3v) is 3.06. The van der Waals surface area contributed by atoms with Crippen molar-refractivity contribution >= 4 is 34.2 Å². The molecule has 0 saturated carbocycles. The number of benzene rings is 1. The topological polar surface area (TPSA) is 0 Å². The number of hydrogen-bond donors (Lipinski definition) is 0. The van der Waals surface area contributed by atoms with Gasteiger partial charge in [-0.05, 0) is 54.0 Å². The van der Waals surface area contributed by atoms with Gasteiger partial charge in [0.15, 0.2) is 0 Å². The number of rotatable bonds is 3. The van der Waals surface area contributed by atoms with E-state index in [4.69, 9.17) is 11.6 Å². The van der Waals surface area contributed by atoms with Crippen LogP contribution in [-0.2, 0) is 6.42 Å². The molecule has 0 amide bonds. The number of hydrogen-bond acceptors (Lipinski definition) is 0. The van der Waals surface area contributed by atoms with E-state index in [2.05, 4.69) is 47.7 Å². The highest BCUT2D eigenvalue weighted by Crippen LogP contribution is 2.15. The van der Waals surface area contributed by atoms with Gasteiger partial charge < -0.3 is 0 Å². The minimum atomic E-state index is 0.754. The van der Waals surface area contributed by atoms with Crippen LogP contribution in [0.1, 0.15) is 17.5 Å². The first kappa shape index (κ1) is 10.3. The Morgan fingerprint density at radius 3 is 2.75 bits per heavy atom. The summed E-state index contributed by atoms with van der Waals surface area (Å²) in [6, 6.07) is 6.57. The van der Waals surface area contributed by atoms with Crippen LogP contribution in [0.4, 0.5) is 0 Å². The highest BCUT2D eigenvalue weighted by Gasteiger charge is 1.98. The Kier molecular flexibility index (Phi) is 4.36. The summed E-state index contributed by atoms with van der Waals surface area (Å²) in [6.07, 6.45) is 2.17. The average molecular weight is 295 g/mol. The van der Waals surface area contributed by atoms with Gasteiger partial charge in [-0.2, -0.15) is 0 Å². The predicted octanol–water partition coefficient (Wildman–Crippen LogP) is 3.77. The molecule has 0 atom stereocenters. The second-order valence-electron chi connectivity index (χ2n) is 2.89. The zero-order chi connectivity index (χ0) is 8.97. The first-order valence-corrected chi connectivity index (χ1v) is 5.66. The van der Waals surface area contributed by atoms with Gasteiger partial charge in [0.2, 0.25) is 0 Å². The highest BCUT2D eigenvalue weighted by molar-refractivity contribution is 14.1. The number of alkyl halides is 1. The molecule has 0 bridgehead atoms. The van der Waals surface area contributed by atoms with Crippen LogP contribution in [0, 0.1) is 10.5 Å². The van der Waals surface area contributed by atoms with E-state index in [-0.39, 0.29) is 0 Å². The second-order valence-corrected chi connectivity index (χ2v) is 4.43. The maximum atomic E-state index is 5.63. The van der Waals surface area contributed by atoms with Crippen molar-refractivity contribution in [1.29, 1.82) is 0 Å². The third kappa shape index (κ3) is 2.94. The maximum absolute atomic E-state index is 5.63. The summed E-state index contributed by atoms with van der Waals surface area (Å²) in [5.74, 6) is 0.754. The molecule has 0 unspecified atom stereocenters. The minimum absolute atomic E-state index is 0.754. The zero-order valence-electron chi connectivity index (χ0n) is 7.11. The monoisotopic (exact) mass is 294 g/mol. The van der Waals surface area contributed by atoms with E-state index >= 15 is 0 Å². The minimum Gasteiger partial charge on any atom is -0.127 e. The molecule has 0 fully saturated rings. The van der Waals surface area contributed by atoms with Gasteiger partial charge in [0.1, 0.15) is 0 Å². The van der Waals surface area contributed by atoms with Crippen LogP contribution < -0.4 is 0 Å². The molecule has 0 saturated heterocycles. The molecule has 1 rings (SSSR count). The molecule has 0 aliphatic rings. The molecule has 0 heterocycles. The van der Waals surface area contributed by atoms with Crippen molar-refractivity contribution in [3.05, 3.63) is 32.9 Å². The van der Waals surface area contributed by atoms with E-state index in [1.165, 1.54) is 14.7 Å². The molecule has 1 aromatic rings. The van der Waals surface area contributed by atoms with E-state index in [0.29, 0.717) is 0 Å². The third-order valence-electron chi connectivity index (χ3n) is 1.79. The Morgan fingerprint density at radius 1 is 1.42 bits per heavy atom. The van der Waals surface area contributed by atoms with Gasteiger partial charge in [-0.15, -0.1) is 11.6 Å². The molecule has 2 heteroatoms. The van der Waals surface area contributed by atoms with Crippen molar-refractivity contribution in [3.63, 3.8) is 0 Å². The summed E-state index contributed by atoms with van der Waals surface area (Å²) in [5, 5.41) is 0. The fraction of sp³-hybridized carbons (Fsp3) is 0.400. The summed E-state index contributed by atoms with van der Waals surface area (Å²) in [7, 11) is 0. The van der Waals surface area contributed by atoms with Crippen LogP contribution >= 0.6 is 34.2 Å². The van der Waals surface area contributed by atoms with Crippen LogP contribution in [-0.4, -0.2) is 5.88 Å². The van der Waals surface area contributed by atoms with Crippen molar-refractivity contribution < 1.29 is 0 Å². The molecular weight excluding hydrogens is 282 g/mol. The summed E-state index contributed by atoms with van der Waals surface area (Å²) in [5.41, 5.74) is 2.75. The molecule has 1 aromatic carbocycles. The molecule has 66 valence electrons. The molecular formula is C10H12ClI. The lowest BCUT2D eigenvalue weighted by molar-refractivity contribution is 0.922. The largest absolute Gasteiger partial charge is 0.127 e. The van der Waals surface area contributed by atoms with Gasteiger partial charge in [-0.1, -0.05) is 17.7 Å². The lowest BCUT2D eigenvalue weighted by Crippen LogP contribution is -1.90. The summed E-state index contributed by atoms with van der Waals surface area (Å²) < 4.78 is 1.36. The van der Waals surface area contributed by atoms with Crippen LogP contribution in [0.15, 0.2) is 18.2 Å². The van der Waals surface area contributed by atoms with Crippen molar-refractivity contribution in [2.24, 2.45) is 0 Å². The van der Waals surface area contributed by atoms with Crippen LogP contribution in [0.3, 0.4) is 0 Å². The molecule has 0 spiro atoms. The van der Waals surface area contributed by atoms with E-state index in [1.54, 1.807) is 0 Å². The maximum Gasteiger partial charge on any atom is 0.0226 e. The first-order chi connectivity index (χ1) is 5.74. The van der Waals surface area contributed by atoms with Gasteiger partial charge in [0.05, 0.1) is 0 Å². The summed E-state index contributed by atoms with van der Waals surface area (Å²) >= 11 is 8.02. The van der Waals surface area contributed by atoms with E-state index in [1.807, 2.05) is 0 Å². The average Bonchev–Trinajstić information content (AvgIpc) is 2.03. The van der Waals surface area contributed by atoms with Crippen LogP contribution in [0.2, 0.25) is 0 Å². The standard InChI is InChI=1S/C10H12ClI/c1-8-4-5-9(3-2-6-11)10(12)7-8/h4-5,7H,2-3,6H2,1H3. The fourth-order valence-corrected chi connectivity index (χ4v) is 2.19. The van der Waals surface area contributed by atoms with Crippen molar-refractivity contribution in [2.45, 2.75) is 19.8 Å². The van der Waals surface area contributed by atoms with Crippen LogP contribution in [0.25, 0.3) is 0 Å². The molecule has 12 heavy (non-hydrogen) atoms. The first-order valence-electron chi connectivity index (χ1n) is 4.05. The Balaban J connectivity index is 2.72. The van der Waals surface area contributed by atoms with Crippen molar-refractivity contribution in [3.8, 4) is 0 Å². The lowest BCUT2D eigenvalue weighted by atomic mass is 10.1. The van der Waals surface area contributed by atoms with Gasteiger partial charge in [0.25, 0.3) is 0 Å². The Morgan fingerprint density at radius 2 is 2.17 bits per heavy atom. The second kappa shape index (κ2) is 5.07. The molecule has 0 aromatic heterocycles. The quantitative estimate of drug-likeness (QED) is 0.588. The predicted molar refractivity (Wildman–Crippen MR) is 62.9 cm³/mol. The van der Waals surface area contributed by atoms with E-state index in [0.717, 1.165) is 18.7 Å². The SMILES string of the molecule is Cc1ccc(CCCCl)c(I)c1. The number of aryl methyl sites for hydroxylation is 2. The van der Waals surface area contributed by atoms with Crippen molar-refractivity contribution in [2.75, 3.05) is 5.88 Å². The lowest BCUT2D eigenvalue weighted by Gasteiger charge is -2.03. The Labute approximate surface area is 92.5 Å². The molecule has 0 nitrogen and oxygen atoms in total. The summed E-state index contributed by atoms with van der Waals surface area (Å²) in [6.45, 7) is 2.12. The number of halogens is 2. The van der Waals surface area contributed by atoms with Gasteiger partial charge in [-0.3, -0.25) is 0 Å². The summed E-state index contributed by atoms with van der Waals surface area (Å²) in [4.78, 5) is 0. The fourth-order valence-electron chi connectivity index (χ4n) is 1.11. The van der Waals surface area contributed by atoms with E-state index < -0.39 is 0 Å². The molecule has 0 radical (unpaired) electrons. The normalized spacial score (nSPS) is 10.2. The van der Waals surface area contributed by atoms with Crippen molar-refractivity contribution in [1.82, 2.24) is 0 Å². The molecule has 0 aliphatic carbocycles. The van der Waals surface area contributed by atoms with Gasteiger partial charge in [0, 0.05) is 9.45 Å². The molecule has 0 N–H and O–H groups in total. The highest BCUT2D eigenvalue weighted by atomic mass is 127. The zero-order valence-corrected chi connectivity index (χ0v) is 10.0. The van der Waals surface area contributed by atoms with E-state index in [9.17, 15) is 0 Å². The van der Waals surface area contributed by atoms with Gasteiger partial charge in [-0.25, -0.2) is 0 Å². The molecule has 0 aliphatic heterocycles. The smallest absolute Gasteiger partial charge is 0.0226 e. The van der Waals surface area contributed by atoms with Crippen LogP contribution in [0.5, 0.6) is 0 Å². The van der Waals surface area contributed by atoms with Gasteiger partial charge >= 0.3 is 0 Å². The Bertz CT molecular complexity index is 258. The Hall–Kier alpha value is 0.240.